The minimum Gasteiger partial charge on any atom is -0.272 e. The molecule has 1 aromatic heterocycles. The Kier molecular flexibility index (Phi) is 3.39. The smallest absolute Gasteiger partial charge is 0.149 e. The quantitative estimate of drug-likeness (QED) is 0.503. The zero-order valence-corrected chi connectivity index (χ0v) is 9.96. The number of rotatable bonds is 2. The van der Waals surface area contributed by atoms with Gasteiger partial charge in [0.05, 0.1) is 23.1 Å². The zero-order valence-electron chi connectivity index (χ0n) is 9.14. The van der Waals surface area contributed by atoms with Crippen LogP contribution in [0.2, 0.25) is 0 Å². The van der Waals surface area contributed by atoms with E-state index in [1.165, 1.54) is 12.4 Å². The molecule has 0 unspecified atom stereocenters. The van der Waals surface area contributed by atoms with E-state index in [9.17, 15) is 4.39 Å². The molecule has 0 fully saturated rings. The van der Waals surface area contributed by atoms with Gasteiger partial charge in [0.1, 0.15) is 5.82 Å². The number of aromatic nitrogens is 1. The molecule has 86 valence electrons. The first-order valence-corrected chi connectivity index (χ1v) is 5.42. The van der Waals surface area contributed by atoms with Gasteiger partial charge in [-0.25, -0.2) is 4.39 Å². The third-order valence-corrected chi connectivity index (χ3v) is 2.28. The monoisotopic (exact) mass is 247 g/mol. The van der Waals surface area contributed by atoms with Crippen molar-refractivity contribution >= 4 is 34.2 Å². The first kappa shape index (κ1) is 11.6. The van der Waals surface area contributed by atoms with E-state index in [4.69, 9.17) is 12.2 Å². The SMILES string of the molecule is CC(=S)N/N=C/c1ncc(F)c2ccccc12. The van der Waals surface area contributed by atoms with Crippen LogP contribution in [0.15, 0.2) is 35.6 Å². The highest BCUT2D eigenvalue weighted by Gasteiger charge is 2.04. The lowest BCUT2D eigenvalue weighted by molar-refractivity contribution is 0.634. The van der Waals surface area contributed by atoms with Gasteiger partial charge in [0.15, 0.2) is 0 Å². The van der Waals surface area contributed by atoms with Gasteiger partial charge in [-0.2, -0.15) is 5.10 Å². The van der Waals surface area contributed by atoms with Crippen LogP contribution in [0.3, 0.4) is 0 Å². The molecule has 1 aromatic carbocycles. The summed E-state index contributed by atoms with van der Waals surface area (Å²) in [7, 11) is 0. The van der Waals surface area contributed by atoms with Gasteiger partial charge in [-0.3, -0.25) is 10.4 Å². The van der Waals surface area contributed by atoms with Crippen LogP contribution in [0.25, 0.3) is 10.8 Å². The van der Waals surface area contributed by atoms with Crippen molar-refractivity contribution in [1.29, 1.82) is 0 Å². The Bertz CT molecular complexity index is 595. The molecule has 2 rings (SSSR count). The summed E-state index contributed by atoms with van der Waals surface area (Å²) in [4.78, 5) is 4.56. The standard InChI is InChI=1S/C12H10FN3S/c1-8(17)16-15-7-12-10-5-3-2-4-9(10)11(13)6-14-12/h2-7H,1H3,(H,16,17)/b15-7+. The van der Waals surface area contributed by atoms with Crippen LogP contribution >= 0.6 is 12.2 Å². The number of benzene rings is 1. The fraction of sp³-hybridized carbons (Fsp3) is 0.0833. The second kappa shape index (κ2) is 4.97. The number of hydrazone groups is 1. The Labute approximate surface area is 103 Å². The van der Waals surface area contributed by atoms with Crippen molar-refractivity contribution in [3.05, 3.63) is 42.0 Å². The largest absolute Gasteiger partial charge is 0.272 e. The average molecular weight is 247 g/mol. The van der Waals surface area contributed by atoms with Gasteiger partial charge in [-0.05, 0) is 6.92 Å². The van der Waals surface area contributed by atoms with Gasteiger partial charge in [0.2, 0.25) is 0 Å². The van der Waals surface area contributed by atoms with Gasteiger partial charge in [-0.1, -0.05) is 36.5 Å². The molecular formula is C12H10FN3S. The van der Waals surface area contributed by atoms with E-state index in [1.54, 1.807) is 25.1 Å². The Balaban J connectivity index is 2.45. The van der Waals surface area contributed by atoms with Crippen LogP contribution in [0.5, 0.6) is 0 Å². The van der Waals surface area contributed by atoms with Crippen molar-refractivity contribution in [2.24, 2.45) is 5.10 Å². The summed E-state index contributed by atoms with van der Waals surface area (Å²) in [6.07, 6.45) is 2.71. The fourth-order valence-corrected chi connectivity index (χ4v) is 1.52. The highest BCUT2D eigenvalue weighted by Crippen LogP contribution is 2.18. The molecule has 2 aromatic rings. The number of thiocarbonyl (C=S) groups is 1. The first-order valence-electron chi connectivity index (χ1n) is 5.01. The summed E-state index contributed by atoms with van der Waals surface area (Å²) in [6.45, 7) is 1.73. The van der Waals surface area contributed by atoms with Crippen LogP contribution in [-0.4, -0.2) is 16.2 Å². The molecule has 0 aliphatic rings. The van der Waals surface area contributed by atoms with Crippen LogP contribution < -0.4 is 5.43 Å². The Morgan fingerprint density at radius 1 is 1.41 bits per heavy atom. The van der Waals surface area contributed by atoms with Crippen molar-refractivity contribution < 1.29 is 4.39 Å². The second-order valence-electron chi connectivity index (χ2n) is 3.46. The summed E-state index contributed by atoms with van der Waals surface area (Å²) in [6, 6.07) is 7.13. The number of nitrogens with one attached hydrogen (secondary N) is 1. The average Bonchev–Trinajstić information content (AvgIpc) is 2.32. The predicted molar refractivity (Wildman–Crippen MR) is 70.7 cm³/mol. The van der Waals surface area contributed by atoms with Gasteiger partial charge in [-0.15, -0.1) is 0 Å². The van der Waals surface area contributed by atoms with Crippen molar-refractivity contribution in [2.75, 3.05) is 0 Å². The summed E-state index contributed by atoms with van der Waals surface area (Å²) in [5.41, 5.74) is 3.24. The number of hydrogen-bond acceptors (Lipinski definition) is 3. The first-order chi connectivity index (χ1) is 8.18. The van der Waals surface area contributed by atoms with Gasteiger partial charge < -0.3 is 0 Å². The molecule has 0 aliphatic heterocycles. The molecule has 5 heteroatoms. The van der Waals surface area contributed by atoms with E-state index < -0.39 is 0 Å². The maximum absolute atomic E-state index is 13.5. The summed E-state index contributed by atoms with van der Waals surface area (Å²) >= 11 is 4.82. The Hall–Kier alpha value is -1.88. The van der Waals surface area contributed by atoms with Crippen LogP contribution in [0.1, 0.15) is 12.6 Å². The van der Waals surface area contributed by atoms with E-state index in [0.717, 1.165) is 5.39 Å². The molecule has 3 nitrogen and oxygen atoms in total. The van der Waals surface area contributed by atoms with Crippen LogP contribution in [-0.2, 0) is 0 Å². The van der Waals surface area contributed by atoms with Crippen molar-refractivity contribution in [1.82, 2.24) is 10.4 Å². The molecule has 17 heavy (non-hydrogen) atoms. The lowest BCUT2D eigenvalue weighted by Crippen LogP contribution is -2.10. The molecule has 0 amide bonds. The molecule has 0 bridgehead atoms. The third kappa shape index (κ3) is 2.62. The van der Waals surface area contributed by atoms with E-state index in [2.05, 4.69) is 15.5 Å². The highest BCUT2D eigenvalue weighted by atomic mass is 32.1. The van der Waals surface area contributed by atoms with Crippen molar-refractivity contribution in [3.63, 3.8) is 0 Å². The molecule has 0 saturated heterocycles. The summed E-state index contributed by atoms with van der Waals surface area (Å²) in [5.74, 6) is -0.336. The topological polar surface area (TPSA) is 37.3 Å². The molecule has 1 heterocycles. The highest BCUT2D eigenvalue weighted by molar-refractivity contribution is 7.80. The lowest BCUT2D eigenvalue weighted by atomic mass is 10.1. The molecule has 0 atom stereocenters. The molecule has 0 radical (unpaired) electrons. The number of halogens is 1. The molecule has 0 saturated carbocycles. The van der Waals surface area contributed by atoms with Gasteiger partial charge in [0.25, 0.3) is 0 Å². The lowest BCUT2D eigenvalue weighted by Gasteiger charge is -2.02. The number of fused-ring (bicyclic) bond motifs is 1. The maximum atomic E-state index is 13.5. The summed E-state index contributed by atoms with van der Waals surface area (Å²) in [5, 5.41) is 5.17. The minimum absolute atomic E-state index is 0.336. The maximum Gasteiger partial charge on any atom is 0.149 e. The normalized spacial score (nSPS) is 10.9. The van der Waals surface area contributed by atoms with E-state index in [-0.39, 0.29) is 5.82 Å². The van der Waals surface area contributed by atoms with Crippen LogP contribution in [0, 0.1) is 5.82 Å². The number of nitrogens with zero attached hydrogens (tertiary/aromatic N) is 2. The van der Waals surface area contributed by atoms with E-state index in [0.29, 0.717) is 16.1 Å². The number of pyridine rings is 1. The van der Waals surface area contributed by atoms with Crippen LogP contribution in [0.4, 0.5) is 4.39 Å². The molecule has 1 N–H and O–H groups in total. The molecular weight excluding hydrogens is 237 g/mol. The van der Waals surface area contributed by atoms with E-state index >= 15 is 0 Å². The van der Waals surface area contributed by atoms with Gasteiger partial charge >= 0.3 is 0 Å². The van der Waals surface area contributed by atoms with Crippen molar-refractivity contribution in [2.45, 2.75) is 6.92 Å². The fourth-order valence-electron chi connectivity index (χ4n) is 1.47. The predicted octanol–water partition coefficient (Wildman–Crippen LogP) is 2.64. The second-order valence-corrected chi connectivity index (χ2v) is 4.08. The summed E-state index contributed by atoms with van der Waals surface area (Å²) < 4.78 is 13.5. The molecule has 0 aliphatic carbocycles. The Morgan fingerprint density at radius 2 is 2.12 bits per heavy atom. The minimum atomic E-state index is -0.336. The van der Waals surface area contributed by atoms with Crippen molar-refractivity contribution in [3.8, 4) is 0 Å². The number of hydrogen-bond donors (Lipinski definition) is 1. The third-order valence-electron chi connectivity index (χ3n) is 2.19. The van der Waals surface area contributed by atoms with E-state index in [1.807, 2.05) is 6.07 Å². The molecule has 0 spiro atoms. The Morgan fingerprint density at radius 3 is 2.82 bits per heavy atom. The zero-order chi connectivity index (χ0) is 12.3. The van der Waals surface area contributed by atoms with Gasteiger partial charge in [0, 0.05) is 10.8 Å².